The molecule has 0 unspecified atom stereocenters. The Labute approximate surface area is 246 Å². The smallest absolute Gasteiger partial charge is 0.335 e. The van der Waals surface area contributed by atoms with Crippen molar-refractivity contribution >= 4 is 52.8 Å². The number of benzene rings is 4. The molecular weight excluding hydrogens is 558 g/mol. The third kappa shape index (κ3) is 6.83. The van der Waals surface area contributed by atoms with Gasteiger partial charge in [-0.25, -0.2) is 9.69 Å². The molecule has 5 amide bonds. The minimum Gasteiger partial charge on any atom is -0.489 e. The van der Waals surface area contributed by atoms with Gasteiger partial charge >= 0.3 is 6.03 Å². The molecule has 0 radical (unpaired) electrons. The molecule has 9 nitrogen and oxygen atoms in total. The number of amides is 5. The second-order valence-electron chi connectivity index (χ2n) is 9.12. The summed E-state index contributed by atoms with van der Waals surface area (Å²) in [5, 5.41) is 5.07. The number of anilines is 2. The van der Waals surface area contributed by atoms with Crippen LogP contribution in [0, 0.1) is 0 Å². The molecule has 0 bridgehead atoms. The number of barbiturate groups is 1. The molecule has 10 heteroatoms. The van der Waals surface area contributed by atoms with Crippen LogP contribution in [0.15, 0.2) is 109 Å². The van der Waals surface area contributed by atoms with Crippen LogP contribution in [0.25, 0.3) is 6.08 Å². The molecule has 1 saturated heterocycles. The Bertz CT molecular complexity index is 1660. The van der Waals surface area contributed by atoms with E-state index in [0.717, 1.165) is 10.5 Å². The highest BCUT2D eigenvalue weighted by Crippen LogP contribution is 2.28. The van der Waals surface area contributed by atoms with Crippen molar-refractivity contribution in [3.8, 4) is 11.5 Å². The van der Waals surface area contributed by atoms with Crippen molar-refractivity contribution in [2.45, 2.75) is 6.61 Å². The van der Waals surface area contributed by atoms with E-state index in [2.05, 4.69) is 10.6 Å². The van der Waals surface area contributed by atoms with Gasteiger partial charge in [0, 0.05) is 5.69 Å². The van der Waals surface area contributed by atoms with Crippen molar-refractivity contribution in [1.82, 2.24) is 5.32 Å². The number of carbonyl (C=O) groups is 4. The number of para-hydroxylation sites is 1. The molecule has 4 aromatic rings. The Morgan fingerprint density at radius 3 is 2.24 bits per heavy atom. The van der Waals surface area contributed by atoms with Crippen molar-refractivity contribution in [1.29, 1.82) is 0 Å². The summed E-state index contributed by atoms with van der Waals surface area (Å²) in [5.41, 5.74) is 2.05. The summed E-state index contributed by atoms with van der Waals surface area (Å²) in [6.07, 6.45) is 1.33. The average Bonchev–Trinajstić information content (AvgIpc) is 2.99. The fraction of sp³-hybridized carbons (Fsp3) is 0.0625. The molecule has 0 saturated carbocycles. The predicted octanol–water partition coefficient (Wildman–Crippen LogP) is 5.60. The number of carbonyl (C=O) groups excluding carboxylic acids is 4. The highest BCUT2D eigenvalue weighted by Gasteiger charge is 2.36. The van der Waals surface area contributed by atoms with Gasteiger partial charge in [0.05, 0.1) is 10.7 Å². The number of ether oxygens (including phenoxy) is 2. The van der Waals surface area contributed by atoms with Crippen molar-refractivity contribution in [3.63, 3.8) is 0 Å². The van der Waals surface area contributed by atoms with Gasteiger partial charge in [0.15, 0.2) is 6.61 Å². The van der Waals surface area contributed by atoms with Crippen LogP contribution in [0.1, 0.15) is 11.1 Å². The fourth-order valence-electron chi connectivity index (χ4n) is 4.08. The number of imide groups is 2. The van der Waals surface area contributed by atoms with E-state index in [1.807, 2.05) is 36.4 Å². The van der Waals surface area contributed by atoms with Gasteiger partial charge in [-0.3, -0.25) is 19.7 Å². The summed E-state index contributed by atoms with van der Waals surface area (Å²) in [5.74, 6) is -1.20. The van der Waals surface area contributed by atoms with E-state index in [9.17, 15) is 19.2 Å². The van der Waals surface area contributed by atoms with Crippen LogP contribution in [-0.2, 0) is 21.0 Å². The van der Waals surface area contributed by atoms with E-state index >= 15 is 0 Å². The highest BCUT2D eigenvalue weighted by atomic mass is 35.5. The van der Waals surface area contributed by atoms with Gasteiger partial charge < -0.3 is 14.8 Å². The lowest BCUT2D eigenvalue weighted by atomic mass is 10.1. The minimum absolute atomic E-state index is 0.166. The SMILES string of the molecule is O=C(COc1ccc(/C=C2\C(=O)NC(=O)N(c3ccc(OCc4ccccc4)cc3)C2=O)cc1Cl)Nc1ccccc1. The highest BCUT2D eigenvalue weighted by molar-refractivity contribution is 6.39. The summed E-state index contributed by atoms with van der Waals surface area (Å²) in [4.78, 5) is 51.5. The van der Waals surface area contributed by atoms with E-state index in [0.29, 0.717) is 23.6 Å². The molecule has 0 aliphatic carbocycles. The molecule has 210 valence electrons. The van der Waals surface area contributed by atoms with Crippen molar-refractivity contribution in [2.75, 3.05) is 16.8 Å². The number of rotatable bonds is 9. The monoisotopic (exact) mass is 581 g/mol. The topological polar surface area (TPSA) is 114 Å². The van der Waals surface area contributed by atoms with Crippen molar-refractivity contribution in [3.05, 3.63) is 125 Å². The molecule has 1 aliphatic rings. The lowest BCUT2D eigenvalue weighted by Gasteiger charge is -2.26. The molecule has 5 rings (SSSR count). The van der Waals surface area contributed by atoms with Crippen LogP contribution in [0.2, 0.25) is 5.02 Å². The van der Waals surface area contributed by atoms with E-state index in [1.54, 1.807) is 54.6 Å². The maximum Gasteiger partial charge on any atom is 0.335 e. The molecule has 1 aliphatic heterocycles. The first kappa shape index (κ1) is 28.1. The van der Waals surface area contributed by atoms with Crippen molar-refractivity contribution < 1.29 is 28.7 Å². The summed E-state index contributed by atoms with van der Waals surface area (Å²) < 4.78 is 11.3. The van der Waals surface area contributed by atoms with Crippen LogP contribution in [0.3, 0.4) is 0 Å². The fourth-order valence-corrected chi connectivity index (χ4v) is 4.32. The van der Waals surface area contributed by atoms with Gasteiger partial charge in [-0.05, 0) is 65.7 Å². The summed E-state index contributed by atoms with van der Waals surface area (Å²) in [7, 11) is 0. The molecule has 1 heterocycles. The molecular formula is C32H24ClN3O6. The van der Waals surface area contributed by atoms with Gasteiger partial charge in [0.25, 0.3) is 17.7 Å². The van der Waals surface area contributed by atoms with Crippen LogP contribution >= 0.6 is 11.6 Å². The Morgan fingerprint density at radius 1 is 0.857 bits per heavy atom. The average molecular weight is 582 g/mol. The third-order valence-electron chi connectivity index (χ3n) is 6.13. The van der Waals surface area contributed by atoms with Crippen molar-refractivity contribution in [2.24, 2.45) is 0 Å². The number of nitrogens with zero attached hydrogens (tertiary/aromatic N) is 1. The third-order valence-corrected chi connectivity index (χ3v) is 6.42. The molecule has 1 fully saturated rings. The number of urea groups is 1. The zero-order chi connectivity index (χ0) is 29.5. The Balaban J connectivity index is 1.25. The van der Waals surface area contributed by atoms with Crippen LogP contribution in [-0.4, -0.2) is 30.4 Å². The van der Waals surface area contributed by atoms with Gasteiger partial charge in [-0.1, -0.05) is 66.2 Å². The van der Waals surface area contributed by atoms with Crippen LogP contribution < -0.4 is 25.0 Å². The van der Waals surface area contributed by atoms with E-state index in [1.165, 1.54) is 18.2 Å². The van der Waals surface area contributed by atoms with Crippen LogP contribution in [0.5, 0.6) is 11.5 Å². The first-order chi connectivity index (χ1) is 20.4. The predicted molar refractivity (Wildman–Crippen MR) is 158 cm³/mol. The maximum absolute atomic E-state index is 13.3. The lowest BCUT2D eigenvalue weighted by Crippen LogP contribution is -2.54. The Hall–Kier alpha value is -5.41. The number of hydrogen-bond acceptors (Lipinski definition) is 6. The number of halogens is 1. The summed E-state index contributed by atoms with van der Waals surface area (Å²) >= 11 is 6.34. The number of nitrogens with one attached hydrogen (secondary N) is 2. The van der Waals surface area contributed by atoms with E-state index in [4.69, 9.17) is 21.1 Å². The zero-order valence-electron chi connectivity index (χ0n) is 22.1. The summed E-state index contributed by atoms with van der Waals surface area (Å²) in [6, 6.07) is 28.7. The Morgan fingerprint density at radius 2 is 1.55 bits per heavy atom. The molecule has 2 N–H and O–H groups in total. The molecule has 0 atom stereocenters. The van der Waals surface area contributed by atoms with Gasteiger partial charge in [-0.2, -0.15) is 0 Å². The minimum atomic E-state index is -0.865. The largest absolute Gasteiger partial charge is 0.489 e. The normalized spacial score (nSPS) is 14.0. The molecule has 0 spiro atoms. The van der Waals surface area contributed by atoms with E-state index < -0.39 is 17.8 Å². The van der Waals surface area contributed by atoms with Crippen LogP contribution in [0.4, 0.5) is 16.2 Å². The van der Waals surface area contributed by atoms with Gasteiger partial charge in [0.1, 0.15) is 23.7 Å². The summed E-state index contributed by atoms with van der Waals surface area (Å²) in [6.45, 7) is 0.0844. The first-order valence-corrected chi connectivity index (χ1v) is 13.2. The first-order valence-electron chi connectivity index (χ1n) is 12.8. The van der Waals surface area contributed by atoms with Gasteiger partial charge in [0.2, 0.25) is 0 Å². The lowest BCUT2D eigenvalue weighted by molar-refractivity contribution is -0.122. The molecule has 42 heavy (non-hydrogen) atoms. The quantitative estimate of drug-likeness (QED) is 0.196. The molecule has 0 aromatic heterocycles. The molecule has 4 aromatic carbocycles. The van der Waals surface area contributed by atoms with E-state index in [-0.39, 0.29) is 34.5 Å². The number of hydrogen-bond donors (Lipinski definition) is 2. The van der Waals surface area contributed by atoms with Gasteiger partial charge in [-0.15, -0.1) is 0 Å². The standard InChI is InChI=1S/C32H24ClN3O6/c33-27-18-22(11-16-28(27)42-20-29(37)34-23-9-5-2-6-10-23)17-26-30(38)35-32(40)36(31(26)39)24-12-14-25(15-13-24)41-19-21-7-3-1-4-8-21/h1-18H,19-20H2,(H,34,37)(H,35,38,40)/b26-17+. The second-order valence-corrected chi connectivity index (χ2v) is 9.53. The second kappa shape index (κ2) is 12.8. The Kier molecular flexibility index (Phi) is 8.60. The zero-order valence-corrected chi connectivity index (χ0v) is 22.8. The maximum atomic E-state index is 13.3.